The smallest absolute Gasteiger partial charge is 0.194 e. The lowest BCUT2D eigenvalue weighted by atomic mass is 10.1. The molecule has 136 valence electrons. The van der Waals surface area contributed by atoms with Gasteiger partial charge in [-0.05, 0) is 24.6 Å². The van der Waals surface area contributed by atoms with Crippen LogP contribution in [-0.2, 0) is 13.6 Å². The van der Waals surface area contributed by atoms with Gasteiger partial charge in [-0.1, -0.05) is 12.1 Å². The van der Waals surface area contributed by atoms with Gasteiger partial charge in [-0.2, -0.15) is 5.10 Å². The van der Waals surface area contributed by atoms with Crippen LogP contribution in [0.25, 0.3) is 0 Å². The highest BCUT2D eigenvalue weighted by Crippen LogP contribution is 2.19. The van der Waals surface area contributed by atoms with Gasteiger partial charge < -0.3 is 20.1 Å². The molecule has 2 aromatic rings. The van der Waals surface area contributed by atoms with Crippen LogP contribution in [0.4, 0.5) is 0 Å². The minimum absolute atomic E-state index is 0.249. The van der Waals surface area contributed by atoms with Gasteiger partial charge in [0, 0.05) is 20.6 Å². The Labute approximate surface area is 148 Å². The number of ether oxygens (including phenoxy) is 1. The molecule has 25 heavy (non-hydrogen) atoms. The van der Waals surface area contributed by atoms with Gasteiger partial charge >= 0.3 is 0 Å². The van der Waals surface area contributed by atoms with Gasteiger partial charge in [0.1, 0.15) is 17.9 Å². The number of aliphatic hydroxyl groups is 1. The van der Waals surface area contributed by atoms with Gasteiger partial charge in [0.15, 0.2) is 5.96 Å². The summed E-state index contributed by atoms with van der Waals surface area (Å²) in [6, 6.07) is 7.38. The van der Waals surface area contributed by atoms with Crippen LogP contribution < -0.4 is 10.1 Å². The Bertz CT molecular complexity index is 700. The third kappa shape index (κ3) is 5.18. The van der Waals surface area contributed by atoms with Gasteiger partial charge in [-0.15, -0.1) is 0 Å². The van der Waals surface area contributed by atoms with Crippen molar-refractivity contribution >= 4 is 5.96 Å². The lowest BCUT2D eigenvalue weighted by molar-refractivity contribution is 0.186. The largest absolute Gasteiger partial charge is 0.497 e. The SMILES string of the molecule is CCNC(=NCC(O)c1cccc(OC)c1)N(C)Cc1ncnn1C. The molecule has 0 saturated heterocycles. The van der Waals surface area contributed by atoms with E-state index in [1.54, 1.807) is 11.8 Å². The number of aromatic nitrogens is 3. The highest BCUT2D eigenvalue weighted by atomic mass is 16.5. The molecule has 1 aromatic carbocycles. The molecule has 8 heteroatoms. The minimum atomic E-state index is -0.702. The molecule has 1 heterocycles. The first-order valence-electron chi connectivity index (χ1n) is 8.19. The normalized spacial score (nSPS) is 12.8. The number of benzene rings is 1. The van der Waals surface area contributed by atoms with Gasteiger partial charge in [0.25, 0.3) is 0 Å². The molecule has 0 aliphatic rings. The van der Waals surface area contributed by atoms with Crippen molar-refractivity contribution in [2.24, 2.45) is 12.0 Å². The maximum atomic E-state index is 10.4. The van der Waals surface area contributed by atoms with Crippen LogP contribution in [0.1, 0.15) is 24.4 Å². The van der Waals surface area contributed by atoms with Crippen LogP contribution in [0.5, 0.6) is 5.75 Å². The first kappa shape index (κ1) is 18.7. The van der Waals surface area contributed by atoms with Crippen LogP contribution in [-0.4, -0.2) is 58.0 Å². The maximum Gasteiger partial charge on any atom is 0.194 e. The van der Waals surface area contributed by atoms with Crippen molar-refractivity contribution in [3.63, 3.8) is 0 Å². The summed E-state index contributed by atoms with van der Waals surface area (Å²) in [6.07, 6.45) is 0.826. The molecular weight excluding hydrogens is 320 g/mol. The molecule has 1 unspecified atom stereocenters. The topological polar surface area (TPSA) is 87.8 Å². The summed E-state index contributed by atoms with van der Waals surface area (Å²) in [7, 11) is 5.38. The molecule has 1 atom stereocenters. The fourth-order valence-electron chi connectivity index (χ4n) is 2.35. The second-order valence-electron chi connectivity index (χ2n) is 5.64. The molecule has 8 nitrogen and oxygen atoms in total. The van der Waals surface area contributed by atoms with Crippen molar-refractivity contribution in [1.29, 1.82) is 0 Å². The minimum Gasteiger partial charge on any atom is -0.497 e. The summed E-state index contributed by atoms with van der Waals surface area (Å²) < 4.78 is 6.92. The highest BCUT2D eigenvalue weighted by molar-refractivity contribution is 5.79. The fourth-order valence-corrected chi connectivity index (χ4v) is 2.35. The lowest BCUT2D eigenvalue weighted by Crippen LogP contribution is -2.39. The van der Waals surface area contributed by atoms with E-state index >= 15 is 0 Å². The molecule has 0 aliphatic heterocycles. The van der Waals surface area contributed by atoms with Crippen molar-refractivity contribution in [1.82, 2.24) is 25.0 Å². The number of nitrogens with zero attached hydrogens (tertiary/aromatic N) is 5. The Kier molecular flexibility index (Phi) is 6.76. The zero-order valence-electron chi connectivity index (χ0n) is 15.2. The molecule has 0 saturated carbocycles. The fraction of sp³-hybridized carbons (Fsp3) is 0.471. The monoisotopic (exact) mass is 346 g/mol. The van der Waals surface area contributed by atoms with Crippen LogP contribution in [0, 0.1) is 0 Å². The number of guanidine groups is 1. The molecule has 0 aliphatic carbocycles. The number of aryl methyl sites for hydroxylation is 1. The average Bonchev–Trinajstić information content (AvgIpc) is 3.03. The average molecular weight is 346 g/mol. The molecule has 0 bridgehead atoms. The lowest BCUT2D eigenvalue weighted by Gasteiger charge is -2.22. The summed E-state index contributed by atoms with van der Waals surface area (Å²) >= 11 is 0. The summed E-state index contributed by atoms with van der Waals surface area (Å²) in [5.41, 5.74) is 0.773. The summed E-state index contributed by atoms with van der Waals surface area (Å²) in [5.74, 6) is 2.25. The summed E-state index contributed by atoms with van der Waals surface area (Å²) in [6.45, 7) is 3.55. The highest BCUT2D eigenvalue weighted by Gasteiger charge is 2.12. The Morgan fingerprint density at radius 2 is 2.28 bits per heavy atom. The van der Waals surface area contributed by atoms with Crippen LogP contribution >= 0.6 is 0 Å². The molecule has 0 amide bonds. The first-order chi connectivity index (χ1) is 12.0. The first-order valence-corrected chi connectivity index (χ1v) is 8.19. The van der Waals surface area contributed by atoms with E-state index in [4.69, 9.17) is 4.74 Å². The van der Waals surface area contributed by atoms with Crippen LogP contribution in [0.3, 0.4) is 0 Å². The van der Waals surface area contributed by atoms with Crippen LogP contribution in [0.2, 0.25) is 0 Å². The molecule has 0 fully saturated rings. The summed E-state index contributed by atoms with van der Waals surface area (Å²) in [5, 5.41) is 17.7. The van der Waals surface area contributed by atoms with E-state index in [0.717, 1.165) is 17.9 Å². The quantitative estimate of drug-likeness (QED) is 0.573. The number of nitrogens with one attached hydrogen (secondary N) is 1. The predicted octanol–water partition coefficient (Wildman–Crippen LogP) is 0.955. The molecule has 2 rings (SSSR count). The van der Waals surface area contributed by atoms with Gasteiger partial charge in [0.2, 0.25) is 0 Å². The standard InChI is InChI=1S/C17H26N6O2/c1-5-18-17(22(2)11-16-20-12-21-23(16)3)19-10-15(24)13-7-6-8-14(9-13)25-4/h6-9,12,15,24H,5,10-11H2,1-4H3,(H,18,19). The van der Waals surface area contributed by atoms with Gasteiger partial charge in [0.05, 0.1) is 26.3 Å². The number of rotatable bonds is 7. The van der Waals surface area contributed by atoms with E-state index in [9.17, 15) is 5.11 Å². The van der Waals surface area contributed by atoms with Crippen molar-refractivity contribution in [3.05, 3.63) is 42.0 Å². The molecule has 0 radical (unpaired) electrons. The van der Waals surface area contributed by atoms with Crippen molar-refractivity contribution in [2.45, 2.75) is 19.6 Å². The predicted molar refractivity (Wildman–Crippen MR) is 96.4 cm³/mol. The Morgan fingerprint density at radius 3 is 2.92 bits per heavy atom. The third-order valence-corrected chi connectivity index (χ3v) is 3.77. The number of hydrogen-bond donors (Lipinski definition) is 2. The van der Waals surface area contributed by atoms with Crippen LogP contribution in [0.15, 0.2) is 35.6 Å². The van der Waals surface area contributed by atoms with E-state index in [1.165, 1.54) is 6.33 Å². The zero-order chi connectivity index (χ0) is 18.2. The number of methoxy groups -OCH3 is 1. The Hall–Kier alpha value is -2.61. The van der Waals surface area contributed by atoms with Crippen molar-refractivity contribution < 1.29 is 9.84 Å². The van der Waals surface area contributed by atoms with Gasteiger partial charge in [-0.3, -0.25) is 9.67 Å². The van der Waals surface area contributed by atoms with E-state index in [0.29, 0.717) is 18.3 Å². The second kappa shape index (κ2) is 9.03. The number of aliphatic hydroxyl groups excluding tert-OH is 1. The van der Waals surface area contributed by atoms with E-state index in [2.05, 4.69) is 20.4 Å². The number of aliphatic imine (C=N–C) groups is 1. The summed E-state index contributed by atoms with van der Waals surface area (Å²) in [4.78, 5) is 10.7. The van der Waals surface area contributed by atoms with Crippen molar-refractivity contribution in [3.8, 4) is 5.75 Å². The van der Waals surface area contributed by atoms with Crippen molar-refractivity contribution in [2.75, 3.05) is 27.2 Å². The molecule has 2 N–H and O–H groups in total. The molecule has 0 spiro atoms. The zero-order valence-corrected chi connectivity index (χ0v) is 15.2. The van der Waals surface area contributed by atoms with E-state index in [1.807, 2.05) is 50.2 Å². The van der Waals surface area contributed by atoms with Gasteiger partial charge in [-0.25, -0.2) is 4.98 Å². The van der Waals surface area contributed by atoms with E-state index < -0.39 is 6.10 Å². The molecule has 1 aromatic heterocycles. The maximum absolute atomic E-state index is 10.4. The molecular formula is C17H26N6O2. The third-order valence-electron chi connectivity index (χ3n) is 3.77. The Morgan fingerprint density at radius 1 is 1.48 bits per heavy atom. The second-order valence-corrected chi connectivity index (χ2v) is 5.64. The Balaban J connectivity index is 2.06. The number of hydrogen-bond acceptors (Lipinski definition) is 5. The van der Waals surface area contributed by atoms with E-state index in [-0.39, 0.29) is 6.54 Å².